The number of para-hydroxylation sites is 1. The summed E-state index contributed by atoms with van der Waals surface area (Å²) in [6.07, 6.45) is -2.67. The third-order valence-corrected chi connectivity index (χ3v) is 6.16. The van der Waals surface area contributed by atoms with Gasteiger partial charge in [0, 0.05) is 23.3 Å². The van der Waals surface area contributed by atoms with Crippen molar-refractivity contribution in [2.75, 3.05) is 37.9 Å². The highest BCUT2D eigenvalue weighted by atomic mass is 19.4. The maximum Gasteiger partial charge on any atom is 0.490 e. The molecule has 4 rings (SSSR count). The van der Waals surface area contributed by atoms with Gasteiger partial charge < -0.3 is 30.5 Å². The van der Waals surface area contributed by atoms with Crippen molar-refractivity contribution in [3.63, 3.8) is 0 Å². The van der Waals surface area contributed by atoms with Gasteiger partial charge in [-0.2, -0.15) is 13.2 Å². The first-order valence-electron chi connectivity index (χ1n) is 13.3. The number of carbonyl (C=O) groups excluding carboxylic acids is 2. The minimum atomic E-state index is -5.08. The monoisotopic (exact) mass is 612 g/mol. The van der Waals surface area contributed by atoms with Gasteiger partial charge in [0.15, 0.2) is 11.5 Å². The fraction of sp³-hybridized carbons (Fsp3) is 0.226. The zero-order valence-electron chi connectivity index (χ0n) is 24.1. The number of carboxylic acid groups (broad SMARTS) is 1. The van der Waals surface area contributed by atoms with Crippen LogP contribution in [0.2, 0.25) is 0 Å². The molecule has 0 aliphatic carbocycles. The normalized spacial score (nSPS) is 10.8. The lowest BCUT2D eigenvalue weighted by Gasteiger charge is -2.16. The fourth-order valence-corrected chi connectivity index (χ4v) is 3.92. The van der Waals surface area contributed by atoms with Crippen LogP contribution >= 0.6 is 0 Å². The van der Waals surface area contributed by atoms with E-state index in [0.29, 0.717) is 22.7 Å². The lowest BCUT2D eigenvalue weighted by Crippen LogP contribution is -2.21. The first kappa shape index (κ1) is 33.3. The van der Waals surface area contributed by atoms with Gasteiger partial charge in [0.05, 0.1) is 36.6 Å². The summed E-state index contributed by atoms with van der Waals surface area (Å²) in [5.74, 6) is -2.79. The van der Waals surface area contributed by atoms with Crippen LogP contribution in [0.3, 0.4) is 0 Å². The van der Waals surface area contributed by atoms with Crippen LogP contribution in [0, 0.1) is 0 Å². The average Bonchev–Trinajstić information content (AvgIpc) is 3.01. The molecule has 0 saturated heterocycles. The van der Waals surface area contributed by atoms with Crippen LogP contribution in [0.4, 0.5) is 24.5 Å². The van der Waals surface area contributed by atoms with Crippen molar-refractivity contribution in [3.05, 3.63) is 89.6 Å². The van der Waals surface area contributed by atoms with Gasteiger partial charge in [-0.05, 0) is 55.4 Å². The summed E-state index contributed by atoms with van der Waals surface area (Å²) in [5, 5.41) is 17.0. The van der Waals surface area contributed by atoms with Crippen LogP contribution in [-0.2, 0) is 11.2 Å². The second-order valence-corrected chi connectivity index (χ2v) is 9.18. The Hall–Kier alpha value is -5.17. The van der Waals surface area contributed by atoms with Crippen molar-refractivity contribution < 1.29 is 42.1 Å². The summed E-state index contributed by atoms with van der Waals surface area (Å²) < 4.78 is 42.5. The van der Waals surface area contributed by atoms with Gasteiger partial charge in [-0.25, -0.2) is 4.79 Å². The highest BCUT2D eigenvalue weighted by Gasteiger charge is 2.38. The molecule has 0 aliphatic rings. The van der Waals surface area contributed by atoms with Crippen LogP contribution in [0.25, 0.3) is 10.9 Å². The lowest BCUT2D eigenvalue weighted by molar-refractivity contribution is -0.192. The van der Waals surface area contributed by atoms with Crippen molar-refractivity contribution in [3.8, 4) is 11.5 Å². The van der Waals surface area contributed by atoms with E-state index in [1.165, 1.54) is 26.0 Å². The zero-order chi connectivity index (χ0) is 32.3. The minimum Gasteiger partial charge on any atom is -0.493 e. The summed E-state index contributed by atoms with van der Waals surface area (Å²) in [6.45, 7) is 3.89. The molecular weight excluding hydrogens is 581 g/mol. The largest absolute Gasteiger partial charge is 0.493 e. The molecule has 4 N–H and O–H groups in total. The van der Waals surface area contributed by atoms with E-state index in [-0.39, 0.29) is 11.3 Å². The highest BCUT2D eigenvalue weighted by Crippen LogP contribution is 2.34. The number of rotatable bonds is 10. The molecule has 2 amide bonds. The first-order chi connectivity index (χ1) is 21.0. The number of aromatic nitrogens is 1. The molecule has 0 fully saturated rings. The number of amides is 2. The van der Waals surface area contributed by atoms with E-state index in [2.05, 4.69) is 27.9 Å². The molecule has 10 nitrogen and oxygen atoms in total. The molecule has 3 aromatic carbocycles. The van der Waals surface area contributed by atoms with Gasteiger partial charge >= 0.3 is 12.1 Å². The SMILES string of the molecule is CCNCCc1ccc(NC(=O)c2cc(OC)c(OC)cc2NC(=O)c2cnc3ccccc3c2)cc1.O=C(O)C(F)(F)F. The van der Waals surface area contributed by atoms with E-state index < -0.39 is 24.0 Å². The summed E-state index contributed by atoms with van der Waals surface area (Å²) in [4.78, 5) is 39.7. The van der Waals surface area contributed by atoms with E-state index in [4.69, 9.17) is 19.4 Å². The summed E-state index contributed by atoms with van der Waals surface area (Å²) >= 11 is 0. The maximum absolute atomic E-state index is 13.3. The number of benzene rings is 3. The lowest BCUT2D eigenvalue weighted by atomic mass is 10.1. The number of hydrogen-bond donors (Lipinski definition) is 4. The third kappa shape index (κ3) is 9.16. The Balaban J connectivity index is 0.000000676. The Bertz CT molecular complexity index is 1610. The molecule has 1 heterocycles. The number of nitrogens with one attached hydrogen (secondary N) is 3. The number of halogens is 3. The number of carboxylic acids is 1. The second-order valence-electron chi connectivity index (χ2n) is 9.18. The van der Waals surface area contributed by atoms with Crippen LogP contribution in [-0.4, -0.2) is 61.4 Å². The molecular formula is C31H31F3N4O6. The third-order valence-electron chi connectivity index (χ3n) is 6.16. The number of nitrogens with zero attached hydrogens (tertiary/aromatic N) is 1. The molecule has 0 saturated carbocycles. The predicted molar refractivity (Wildman–Crippen MR) is 160 cm³/mol. The Morgan fingerprint density at radius 1 is 0.886 bits per heavy atom. The van der Waals surface area contributed by atoms with Crippen molar-refractivity contribution in [2.45, 2.75) is 19.5 Å². The van der Waals surface area contributed by atoms with Crippen molar-refractivity contribution >= 4 is 40.1 Å². The smallest absolute Gasteiger partial charge is 0.490 e. The van der Waals surface area contributed by atoms with Crippen molar-refractivity contribution in [2.24, 2.45) is 0 Å². The molecule has 4 aromatic rings. The predicted octanol–water partition coefficient (Wildman–Crippen LogP) is 5.54. The number of anilines is 2. The van der Waals surface area contributed by atoms with Gasteiger partial charge in [0.1, 0.15) is 0 Å². The molecule has 232 valence electrons. The van der Waals surface area contributed by atoms with Gasteiger partial charge in [-0.3, -0.25) is 14.6 Å². The highest BCUT2D eigenvalue weighted by molar-refractivity contribution is 6.13. The molecule has 0 unspecified atom stereocenters. The standard InChI is InChI=1S/C29H30N4O4.C2HF3O2/c1-4-30-14-13-19-9-11-22(12-10-19)32-29(35)23-16-26(36-2)27(37-3)17-25(23)33-28(34)21-15-20-7-5-6-8-24(20)31-18-21;3-2(4,5)1(6)7/h5-12,15-18,30H,4,13-14H2,1-3H3,(H,32,35)(H,33,34);(H,6,7). The summed E-state index contributed by atoms with van der Waals surface area (Å²) in [6, 6.07) is 20.1. The molecule has 0 spiro atoms. The number of alkyl halides is 3. The van der Waals surface area contributed by atoms with E-state index >= 15 is 0 Å². The van der Waals surface area contributed by atoms with E-state index in [1.807, 2.05) is 48.5 Å². The number of ether oxygens (including phenoxy) is 2. The number of methoxy groups -OCH3 is 2. The molecule has 0 aliphatic heterocycles. The molecule has 0 radical (unpaired) electrons. The zero-order valence-corrected chi connectivity index (χ0v) is 24.1. The van der Waals surface area contributed by atoms with Crippen LogP contribution in [0.1, 0.15) is 33.2 Å². The minimum absolute atomic E-state index is 0.232. The van der Waals surface area contributed by atoms with Gasteiger partial charge in [0.25, 0.3) is 11.8 Å². The second kappa shape index (κ2) is 15.3. The molecule has 0 atom stereocenters. The fourth-order valence-electron chi connectivity index (χ4n) is 3.92. The van der Waals surface area contributed by atoms with Gasteiger partial charge in [-0.15, -0.1) is 0 Å². The molecule has 1 aromatic heterocycles. The van der Waals surface area contributed by atoms with Crippen LogP contribution < -0.4 is 25.4 Å². The van der Waals surface area contributed by atoms with Gasteiger partial charge in [-0.1, -0.05) is 37.3 Å². The number of aliphatic carboxylic acids is 1. The number of carbonyl (C=O) groups is 3. The molecule has 44 heavy (non-hydrogen) atoms. The van der Waals surface area contributed by atoms with Crippen LogP contribution in [0.15, 0.2) is 72.9 Å². The Kier molecular flexibility index (Phi) is 11.6. The van der Waals surface area contributed by atoms with Crippen LogP contribution in [0.5, 0.6) is 11.5 Å². The van der Waals surface area contributed by atoms with Gasteiger partial charge in [0.2, 0.25) is 0 Å². The Labute approximate surface area is 251 Å². The Morgan fingerprint density at radius 3 is 2.14 bits per heavy atom. The number of hydrogen-bond acceptors (Lipinski definition) is 7. The topological polar surface area (TPSA) is 139 Å². The summed E-state index contributed by atoms with van der Waals surface area (Å²) in [7, 11) is 2.98. The Morgan fingerprint density at radius 2 is 1.52 bits per heavy atom. The van der Waals surface area contributed by atoms with E-state index in [1.54, 1.807) is 18.2 Å². The van der Waals surface area contributed by atoms with Crippen molar-refractivity contribution in [1.29, 1.82) is 0 Å². The summed E-state index contributed by atoms with van der Waals surface area (Å²) in [5.41, 5.74) is 3.49. The first-order valence-corrected chi connectivity index (χ1v) is 13.3. The molecule has 13 heteroatoms. The van der Waals surface area contributed by atoms with Crippen molar-refractivity contribution in [1.82, 2.24) is 10.3 Å². The number of pyridine rings is 1. The number of likely N-dealkylation sites (N-methyl/N-ethyl adjacent to an activating group) is 1. The quantitative estimate of drug-likeness (QED) is 0.171. The van der Waals surface area contributed by atoms with E-state index in [0.717, 1.165) is 30.4 Å². The average molecular weight is 613 g/mol. The van der Waals surface area contributed by atoms with E-state index in [9.17, 15) is 22.8 Å². The number of fused-ring (bicyclic) bond motifs is 1. The molecule has 0 bridgehead atoms. The maximum atomic E-state index is 13.3.